The van der Waals surface area contributed by atoms with E-state index in [1.165, 1.54) is 5.56 Å². The van der Waals surface area contributed by atoms with Crippen LogP contribution in [0, 0.1) is 0 Å². The van der Waals surface area contributed by atoms with Crippen LogP contribution in [-0.4, -0.2) is 24.6 Å². The number of hydrogen-bond acceptors (Lipinski definition) is 0. The molecular weight excluding hydrogens is 292 g/mol. The van der Waals surface area contributed by atoms with Crippen molar-refractivity contribution in [3.05, 3.63) is 35.9 Å². The van der Waals surface area contributed by atoms with Gasteiger partial charge in [0.25, 0.3) is 0 Å². The Labute approximate surface area is 110 Å². The fourth-order valence-corrected chi connectivity index (χ4v) is 11.9. The SMILES string of the molecule is [Cl][Al]([Cl])[CH](Cc1ccccc1)[Al]([Cl])[Cl]. The Bertz CT molecular complexity index is 257. The van der Waals surface area contributed by atoms with Gasteiger partial charge in [0.05, 0.1) is 0 Å². The van der Waals surface area contributed by atoms with E-state index in [2.05, 4.69) is 0 Å². The number of halogens is 4. The third-order valence-corrected chi connectivity index (χ3v) is 12.8. The van der Waals surface area contributed by atoms with Gasteiger partial charge in [0.15, 0.2) is 0 Å². The molecule has 1 aromatic rings. The zero-order chi connectivity index (χ0) is 10.6. The Morgan fingerprint density at radius 1 is 0.929 bits per heavy atom. The van der Waals surface area contributed by atoms with Gasteiger partial charge in [0, 0.05) is 0 Å². The van der Waals surface area contributed by atoms with E-state index in [9.17, 15) is 0 Å². The van der Waals surface area contributed by atoms with E-state index in [1.54, 1.807) is 0 Å². The van der Waals surface area contributed by atoms with E-state index >= 15 is 0 Å². The monoisotopic (exact) mass is 298 g/mol. The highest BCUT2D eigenvalue weighted by atomic mass is 35.7. The summed E-state index contributed by atoms with van der Waals surface area (Å²) in [7, 11) is 23.8. The van der Waals surface area contributed by atoms with Crippen LogP contribution in [0.2, 0.25) is 3.64 Å². The molecule has 0 fully saturated rings. The number of hydrogen-bond donors (Lipinski definition) is 0. The highest BCUT2D eigenvalue weighted by Gasteiger charge is 2.36. The first-order valence-corrected chi connectivity index (χ1v) is 12.5. The molecule has 0 spiro atoms. The molecule has 0 atom stereocenters. The molecule has 0 bridgehead atoms. The Hall–Kier alpha value is 1.44. The fourth-order valence-electron chi connectivity index (χ4n) is 1.17. The summed E-state index contributed by atoms with van der Waals surface area (Å²) >= 11 is -3.54. The largest absolute Gasteiger partial charge is 0.512 e. The molecule has 0 radical (unpaired) electrons. The normalized spacial score (nSPS) is 10.4. The zero-order valence-corrected chi connectivity index (χ0v) is 12.7. The van der Waals surface area contributed by atoms with Crippen LogP contribution in [-0.2, 0) is 6.42 Å². The minimum absolute atomic E-state index is 0.143. The maximum absolute atomic E-state index is 5.96. The van der Waals surface area contributed by atoms with Crippen molar-refractivity contribution >= 4 is 64.8 Å². The minimum Gasteiger partial charge on any atom is -0.235 e. The predicted molar refractivity (Wildman–Crippen MR) is 68.8 cm³/mol. The van der Waals surface area contributed by atoms with Gasteiger partial charge in [-0.25, -0.2) is 40.2 Å². The zero-order valence-electron chi connectivity index (χ0n) is 7.34. The Kier molecular flexibility index (Phi) is 6.66. The quantitative estimate of drug-likeness (QED) is 0.735. The Morgan fingerprint density at radius 2 is 1.43 bits per heavy atom. The van der Waals surface area contributed by atoms with Gasteiger partial charge < -0.3 is 0 Å². The molecule has 0 saturated heterocycles. The van der Waals surface area contributed by atoms with Gasteiger partial charge in [0.1, 0.15) is 0 Å². The van der Waals surface area contributed by atoms with Gasteiger partial charge in [-0.1, -0.05) is 34.0 Å². The lowest BCUT2D eigenvalue weighted by Crippen LogP contribution is -2.20. The van der Waals surface area contributed by atoms with Crippen molar-refractivity contribution in [2.24, 2.45) is 0 Å². The molecule has 0 unspecified atom stereocenters. The average Bonchev–Trinajstić information content (AvgIpc) is 2.15. The van der Waals surface area contributed by atoms with Crippen LogP contribution >= 0.6 is 40.2 Å². The van der Waals surface area contributed by atoms with Crippen molar-refractivity contribution in [1.82, 2.24) is 0 Å². The van der Waals surface area contributed by atoms with Crippen molar-refractivity contribution in [3.63, 3.8) is 0 Å². The van der Waals surface area contributed by atoms with E-state index < -0.39 is 24.6 Å². The standard InChI is InChI=1S/C8H8.2Al.4ClH/c1-2-8-6-4-3-5-7-8;;;;;;/h1,3-7H,2H2;;;4*1H/q;2*+2;;;;/p-4. The summed E-state index contributed by atoms with van der Waals surface area (Å²) in [6.07, 6.45) is 0.814. The molecule has 0 N–H and O–H groups in total. The van der Waals surface area contributed by atoms with Crippen molar-refractivity contribution in [1.29, 1.82) is 0 Å². The van der Waals surface area contributed by atoms with Crippen molar-refractivity contribution in [2.75, 3.05) is 0 Å². The molecule has 0 nitrogen and oxygen atoms in total. The lowest BCUT2D eigenvalue weighted by molar-refractivity contribution is 1.06. The van der Waals surface area contributed by atoms with Gasteiger partial charge in [-0.15, -0.1) is 0 Å². The molecule has 6 heteroatoms. The molecule has 74 valence electrons. The second-order valence-corrected chi connectivity index (χ2v) is 13.8. The fraction of sp³-hybridized carbons (Fsp3) is 0.250. The van der Waals surface area contributed by atoms with Gasteiger partial charge in [-0.05, 0) is 12.0 Å². The molecule has 0 aliphatic carbocycles. The van der Waals surface area contributed by atoms with E-state index in [0.717, 1.165) is 6.42 Å². The van der Waals surface area contributed by atoms with Crippen LogP contribution in [0.5, 0.6) is 0 Å². The van der Waals surface area contributed by atoms with Gasteiger partial charge >= 0.3 is 24.6 Å². The first kappa shape index (κ1) is 13.5. The van der Waals surface area contributed by atoms with Crippen LogP contribution in [0.1, 0.15) is 5.56 Å². The van der Waals surface area contributed by atoms with E-state index in [4.69, 9.17) is 40.2 Å². The van der Waals surface area contributed by atoms with Gasteiger partial charge in [-0.2, -0.15) is 0 Å². The second-order valence-electron chi connectivity index (χ2n) is 3.02. The van der Waals surface area contributed by atoms with E-state index in [-0.39, 0.29) is 3.64 Å². The molecule has 0 heterocycles. The Morgan fingerprint density at radius 3 is 1.86 bits per heavy atom. The second kappa shape index (κ2) is 6.91. The molecule has 0 amide bonds. The van der Waals surface area contributed by atoms with Crippen molar-refractivity contribution in [2.45, 2.75) is 10.1 Å². The Balaban J connectivity index is 2.65. The molecule has 0 saturated carbocycles. The summed E-state index contributed by atoms with van der Waals surface area (Å²) < 4.78 is 0.143. The molecule has 0 aliphatic heterocycles. The van der Waals surface area contributed by atoms with Crippen molar-refractivity contribution in [3.8, 4) is 0 Å². The van der Waals surface area contributed by atoms with Gasteiger partial charge in [-0.3, -0.25) is 0 Å². The van der Waals surface area contributed by atoms with Crippen LogP contribution in [0.3, 0.4) is 0 Å². The maximum atomic E-state index is 5.96. The maximum Gasteiger partial charge on any atom is 0.512 e. The smallest absolute Gasteiger partial charge is 0.235 e. The summed E-state index contributed by atoms with van der Waals surface area (Å²) in [6.45, 7) is 0. The molecule has 1 aromatic carbocycles. The third kappa shape index (κ3) is 4.53. The lowest BCUT2D eigenvalue weighted by Gasteiger charge is -2.12. The topological polar surface area (TPSA) is 0 Å². The van der Waals surface area contributed by atoms with E-state index in [1.807, 2.05) is 30.3 Å². The highest BCUT2D eigenvalue weighted by molar-refractivity contribution is 7.45. The summed E-state index contributed by atoms with van der Waals surface area (Å²) in [4.78, 5) is 0. The molecule has 14 heavy (non-hydrogen) atoms. The summed E-state index contributed by atoms with van der Waals surface area (Å²) in [5, 5.41) is 0. The third-order valence-electron chi connectivity index (χ3n) is 1.96. The number of rotatable bonds is 4. The lowest BCUT2D eigenvalue weighted by atomic mass is 10.2. The van der Waals surface area contributed by atoms with Crippen molar-refractivity contribution < 1.29 is 0 Å². The number of benzene rings is 1. The average molecular weight is 300 g/mol. The summed E-state index contributed by atoms with van der Waals surface area (Å²) in [5.74, 6) is 0. The van der Waals surface area contributed by atoms with Crippen LogP contribution in [0.25, 0.3) is 0 Å². The molecular formula is C8H8Al2Cl4. The first-order chi connectivity index (χ1) is 6.61. The molecule has 0 aromatic heterocycles. The first-order valence-electron chi connectivity index (χ1n) is 4.21. The molecule has 0 aliphatic rings. The summed E-state index contributed by atoms with van der Waals surface area (Å²) in [6, 6.07) is 10.0. The minimum atomic E-state index is -1.77. The predicted octanol–water partition coefficient (Wildman–Crippen LogP) is 4.07. The van der Waals surface area contributed by atoms with E-state index in [0.29, 0.717) is 0 Å². The highest BCUT2D eigenvalue weighted by Crippen LogP contribution is 2.28. The van der Waals surface area contributed by atoms with Gasteiger partial charge in [0.2, 0.25) is 0 Å². The summed E-state index contributed by atoms with van der Waals surface area (Å²) in [5.41, 5.74) is 1.20. The van der Waals surface area contributed by atoms with Crippen LogP contribution < -0.4 is 0 Å². The molecule has 1 rings (SSSR count). The van der Waals surface area contributed by atoms with Crippen LogP contribution in [0.15, 0.2) is 30.3 Å². The van der Waals surface area contributed by atoms with Crippen LogP contribution in [0.4, 0.5) is 0 Å².